The molecule has 0 aromatic rings. The van der Waals surface area contributed by atoms with Crippen LogP contribution in [-0.4, -0.2) is 45.4 Å². The molecular weight excluding hydrogens is 256 g/mol. The summed E-state index contributed by atoms with van der Waals surface area (Å²) in [5.74, 6) is 0.365. The van der Waals surface area contributed by atoms with E-state index in [1.165, 1.54) is 0 Å². The quantitative estimate of drug-likeness (QED) is 0.585. The molecule has 110 valence electrons. The van der Waals surface area contributed by atoms with E-state index in [4.69, 9.17) is 15.2 Å². The number of halogens is 1. The van der Waals surface area contributed by atoms with Gasteiger partial charge in [0.05, 0.1) is 19.3 Å². The van der Waals surface area contributed by atoms with Crippen molar-refractivity contribution in [2.24, 2.45) is 11.7 Å². The predicted molar refractivity (Wildman–Crippen MR) is 75.0 cm³/mol. The molecule has 0 fully saturated rings. The number of nitrogens with two attached hydrogens (primary N) is 1. The lowest BCUT2D eigenvalue weighted by Crippen LogP contribution is -2.41. The molecular formula is C12H27ClN2O3. The van der Waals surface area contributed by atoms with Crippen molar-refractivity contribution in [1.29, 1.82) is 0 Å². The molecule has 6 heteroatoms. The van der Waals surface area contributed by atoms with E-state index in [9.17, 15) is 4.79 Å². The van der Waals surface area contributed by atoms with Gasteiger partial charge in [0.1, 0.15) is 0 Å². The van der Waals surface area contributed by atoms with Gasteiger partial charge in [0, 0.05) is 20.3 Å². The zero-order valence-electron chi connectivity index (χ0n) is 11.6. The van der Waals surface area contributed by atoms with E-state index >= 15 is 0 Å². The van der Waals surface area contributed by atoms with Gasteiger partial charge in [0.15, 0.2) is 0 Å². The van der Waals surface area contributed by atoms with Crippen LogP contribution in [0.5, 0.6) is 0 Å². The summed E-state index contributed by atoms with van der Waals surface area (Å²) in [5.41, 5.74) is 5.74. The second-order valence-corrected chi connectivity index (χ2v) is 4.49. The molecule has 1 amide bonds. The van der Waals surface area contributed by atoms with E-state index in [0.29, 0.717) is 32.3 Å². The highest BCUT2D eigenvalue weighted by Crippen LogP contribution is 2.02. The number of methoxy groups -OCH3 is 1. The smallest absolute Gasteiger partial charge is 0.236 e. The molecule has 0 unspecified atom stereocenters. The first-order chi connectivity index (χ1) is 8.07. The number of carbonyl (C=O) groups excluding carboxylic acids is 1. The summed E-state index contributed by atoms with van der Waals surface area (Å²) >= 11 is 0. The fourth-order valence-corrected chi connectivity index (χ4v) is 1.38. The molecule has 0 aliphatic rings. The Labute approximate surface area is 116 Å². The number of amides is 1. The Kier molecular flexibility index (Phi) is 14.5. The molecule has 18 heavy (non-hydrogen) atoms. The van der Waals surface area contributed by atoms with E-state index in [-0.39, 0.29) is 18.3 Å². The Hall–Kier alpha value is -0.360. The highest BCUT2D eigenvalue weighted by molar-refractivity contribution is 5.85. The van der Waals surface area contributed by atoms with Crippen LogP contribution in [0.1, 0.15) is 26.7 Å². The standard InChI is InChI=1S/C12H26N2O3.ClH/c1-10(2)9-11(13)12(15)14-5-4-6-17-8-7-16-3;/h10-11H,4-9,13H2,1-3H3,(H,14,15);1H/t11-;/m0./s1. The van der Waals surface area contributed by atoms with Gasteiger partial charge in [0.25, 0.3) is 0 Å². The van der Waals surface area contributed by atoms with Crippen LogP contribution >= 0.6 is 12.4 Å². The number of nitrogens with one attached hydrogen (secondary N) is 1. The lowest BCUT2D eigenvalue weighted by molar-refractivity contribution is -0.122. The van der Waals surface area contributed by atoms with Crippen LogP contribution in [0.4, 0.5) is 0 Å². The molecule has 3 N–H and O–H groups in total. The van der Waals surface area contributed by atoms with E-state index in [1.807, 2.05) is 0 Å². The summed E-state index contributed by atoms with van der Waals surface area (Å²) < 4.78 is 10.1. The Morgan fingerprint density at radius 1 is 1.28 bits per heavy atom. The van der Waals surface area contributed by atoms with Crippen LogP contribution in [0.2, 0.25) is 0 Å². The molecule has 0 aromatic carbocycles. The van der Waals surface area contributed by atoms with E-state index in [1.54, 1.807) is 7.11 Å². The summed E-state index contributed by atoms with van der Waals surface area (Å²) in [6, 6.07) is -0.399. The van der Waals surface area contributed by atoms with Gasteiger partial charge >= 0.3 is 0 Å². The van der Waals surface area contributed by atoms with Gasteiger partial charge < -0.3 is 20.5 Å². The number of rotatable bonds is 10. The molecule has 0 aliphatic carbocycles. The maximum absolute atomic E-state index is 11.5. The van der Waals surface area contributed by atoms with Crippen LogP contribution in [0.25, 0.3) is 0 Å². The van der Waals surface area contributed by atoms with Crippen molar-refractivity contribution in [1.82, 2.24) is 5.32 Å². The second kappa shape index (κ2) is 13.1. The van der Waals surface area contributed by atoms with Crippen molar-refractivity contribution in [3.8, 4) is 0 Å². The highest BCUT2D eigenvalue weighted by Gasteiger charge is 2.13. The van der Waals surface area contributed by atoms with E-state index in [2.05, 4.69) is 19.2 Å². The Bertz CT molecular complexity index is 204. The van der Waals surface area contributed by atoms with Crippen LogP contribution in [-0.2, 0) is 14.3 Å². The molecule has 1 atom stereocenters. The molecule has 0 bridgehead atoms. The first-order valence-corrected chi connectivity index (χ1v) is 6.18. The Morgan fingerprint density at radius 3 is 2.50 bits per heavy atom. The van der Waals surface area contributed by atoms with E-state index in [0.717, 1.165) is 12.8 Å². The lowest BCUT2D eigenvalue weighted by Gasteiger charge is -2.14. The molecule has 0 radical (unpaired) electrons. The molecule has 0 saturated heterocycles. The first kappa shape index (κ1) is 20.0. The molecule has 0 rings (SSSR count). The average molecular weight is 283 g/mol. The molecule has 0 spiro atoms. The van der Waals surface area contributed by atoms with Crippen LogP contribution < -0.4 is 11.1 Å². The molecule has 0 aliphatic heterocycles. The van der Waals surface area contributed by atoms with E-state index < -0.39 is 6.04 Å². The third kappa shape index (κ3) is 12.1. The van der Waals surface area contributed by atoms with Crippen molar-refractivity contribution in [3.05, 3.63) is 0 Å². The van der Waals surface area contributed by atoms with Gasteiger partial charge in [-0.25, -0.2) is 0 Å². The van der Waals surface area contributed by atoms with Gasteiger partial charge in [-0.1, -0.05) is 13.8 Å². The third-order valence-electron chi connectivity index (χ3n) is 2.26. The van der Waals surface area contributed by atoms with Crippen LogP contribution in [0.3, 0.4) is 0 Å². The highest BCUT2D eigenvalue weighted by atomic mass is 35.5. The monoisotopic (exact) mass is 282 g/mol. The Balaban J connectivity index is 0. The minimum atomic E-state index is -0.399. The van der Waals surface area contributed by atoms with Crippen LogP contribution in [0.15, 0.2) is 0 Å². The minimum Gasteiger partial charge on any atom is -0.382 e. The summed E-state index contributed by atoms with van der Waals surface area (Å²) in [4.78, 5) is 11.5. The fraction of sp³-hybridized carbons (Fsp3) is 0.917. The predicted octanol–water partition coefficient (Wildman–Crippen LogP) is 0.951. The molecule has 0 saturated carbocycles. The van der Waals surface area contributed by atoms with Crippen molar-refractivity contribution in [3.63, 3.8) is 0 Å². The topological polar surface area (TPSA) is 73.6 Å². The maximum atomic E-state index is 11.5. The number of ether oxygens (including phenoxy) is 2. The summed E-state index contributed by atoms with van der Waals surface area (Å²) in [6.07, 6.45) is 1.51. The van der Waals surface area contributed by atoms with Crippen molar-refractivity contribution >= 4 is 18.3 Å². The zero-order valence-corrected chi connectivity index (χ0v) is 12.4. The maximum Gasteiger partial charge on any atom is 0.236 e. The number of hydrogen-bond donors (Lipinski definition) is 2. The second-order valence-electron chi connectivity index (χ2n) is 4.49. The zero-order chi connectivity index (χ0) is 13.1. The largest absolute Gasteiger partial charge is 0.382 e. The normalized spacial score (nSPS) is 12.1. The summed E-state index contributed by atoms with van der Waals surface area (Å²) in [5, 5.41) is 2.80. The molecule has 5 nitrogen and oxygen atoms in total. The average Bonchev–Trinajstić information content (AvgIpc) is 2.26. The van der Waals surface area contributed by atoms with Gasteiger partial charge in [-0.2, -0.15) is 0 Å². The summed E-state index contributed by atoms with van der Waals surface area (Å²) in [6.45, 7) is 6.54. The van der Waals surface area contributed by atoms with Gasteiger partial charge in [0.2, 0.25) is 5.91 Å². The molecule has 0 heterocycles. The van der Waals surface area contributed by atoms with Crippen molar-refractivity contribution in [2.75, 3.05) is 33.5 Å². The third-order valence-corrected chi connectivity index (χ3v) is 2.26. The first-order valence-electron chi connectivity index (χ1n) is 6.18. The minimum absolute atomic E-state index is 0. The van der Waals surface area contributed by atoms with Crippen molar-refractivity contribution < 1.29 is 14.3 Å². The number of carbonyl (C=O) groups is 1. The van der Waals surface area contributed by atoms with Gasteiger partial charge in [-0.05, 0) is 18.8 Å². The fourth-order valence-electron chi connectivity index (χ4n) is 1.38. The Morgan fingerprint density at radius 2 is 1.94 bits per heavy atom. The molecule has 0 aromatic heterocycles. The SMILES string of the molecule is COCCOCCCNC(=O)[C@@H](N)CC(C)C.Cl. The lowest BCUT2D eigenvalue weighted by atomic mass is 10.0. The van der Waals surface area contributed by atoms with Crippen molar-refractivity contribution in [2.45, 2.75) is 32.7 Å². The van der Waals surface area contributed by atoms with Gasteiger partial charge in [-0.3, -0.25) is 4.79 Å². The summed E-state index contributed by atoms with van der Waals surface area (Å²) in [7, 11) is 1.64. The number of hydrogen-bond acceptors (Lipinski definition) is 4. The van der Waals surface area contributed by atoms with Gasteiger partial charge in [-0.15, -0.1) is 12.4 Å². The van der Waals surface area contributed by atoms with Crippen LogP contribution in [0, 0.1) is 5.92 Å².